The van der Waals surface area contributed by atoms with Crippen molar-refractivity contribution in [2.75, 3.05) is 7.05 Å². The van der Waals surface area contributed by atoms with Crippen molar-refractivity contribution in [3.8, 4) is 5.69 Å². The fourth-order valence-electron chi connectivity index (χ4n) is 2.32. The predicted octanol–water partition coefficient (Wildman–Crippen LogP) is 3.35. The average molecular weight is 300 g/mol. The highest BCUT2D eigenvalue weighted by molar-refractivity contribution is 6.31. The van der Waals surface area contributed by atoms with Crippen molar-refractivity contribution >= 4 is 28.3 Å². The molecule has 0 fully saturated rings. The second kappa shape index (κ2) is 5.22. The highest BCUT2D eigenvalue weighted by Crippen LogP contribution is 2.23. The van der Waals surface area contributed by atoms with Gasteiger partial charge >= 0.3 is 0 Å². The van der Waals surface area contributed by atoms with Gasteiger partial charge in [0.2, 0.25) is 0 Å². The van der Waals surface area contributed by atoms with Crippen LogP contribution in [0.5, 0.6) is 0 Å². The van der Waals surface area contributed by atoms with E-state index in [1.807, 2.05) is 43.3 Å². The molecule has 21 heavy (non-hydrogen) atoms. The Morgan fingerprint density at radius 2 is 1.86 bits per heavy atom. The Kier molecular flexibility index (Phi) is 3.39. The summed E-state index contributed by atoms with van der Waals surface area (Å²) in [4.78, 5) is 11.9. The molecule has 0 aliphatic carbocycles. The number of benzene rings is 2. The summed E-state index contributed by atoms with van der Waals surface area (Å²) in [5, 5.41) is 9.84. The Labute approximate surface area is 127 Å². The van der Waals surface area contributed by atoms with E-state index in [4.69, 9.17) is 11.6 Å². The van der Waals surface area contributed by atoms with Gasteiger partial charge in [-0.15, -0.1) is 0 Å². The summed E-state index contributed by atoms with van der Waals surface area (Å²) in [7, 11) is 1.61. The molecule has 0 aliphatic heterocycles. The molecule has 0 radical (unpaired) electrons. The first-order chi connectivity index (χ1) is 10.1. The second-order valence-corrected chi connectivity index (χ2v) is 5.27. The lowest BCUT2D eigenvalue weighted by Gasteiger charge is -2.08. The molecule has 106 valence electrons. The van der Waals surface area contributed by atoms with E-state index in [1.54, 1.807) is 17.8 Å². The third-order valence-corrected chi connectivity index (χ3v) is 3.56. The van der Waals surface area contributed by atoms with Crippen molar-refractivity contribution in [2.24, 2.45) is 0 Å². The number of hydrogen-bond acceptors (Lipinski definition) is 2. The molecule has 0 unspecified atom stereocenters. The van der Waals surface area contributed by atoms with Crippen LogP contribution in [0.3, 0.4) is 0 Å². The van der Waals surface area contributed by atoms with Gasteiger partial charge in [-0.25, -0.2) is 4.68 Å². The number of hydrogen-bond donors (Lipinski definition) is 1. The number of aromatic nitrogens is 2. The van der Waals surface area contributed by atoms with E-state index in [0.717, 1.165) is 22.2 Å². The standard InChI is InChI=1S/C16H14ClN3O/c1-10-7-15(16(21)18-2)20(19-10)14-6-4-11-8-13(17)5-3-12(11)9-14/h3-9H,1-2H3,(H,18,21). The molecule has 1 aromatic heterocycles. The topological polar surface area (TPSA) is 46.9 Å². The maximum absolute atomic E-state index is 11.9. The minimum atomic E-state index is -0.160. The number of rotatable bonds is 2. The number of nitrogens with zero attached hydrogens (tertiary/aromatic N) is 2. The van der Waals surface area contributed by atoms with E-state index in [1.165, 1.54) is 0 Å². The van der Waals surface area contributed by atoms with Crippen LogP contribution in [-0.2, 0) is 0 Å². The van der Waals surface area contributed by atoms with Crippen LogP contribution in [0.2, 0.25) is 5.02 Å². The number of fused-ring (bicyclic) bond motifs is 1. The third kappa shape index (κ3) is 2.50. The van der Waals surface area contributed by atoms with Crippen molar-refractivity contribution in [1.82, 2.24) is 15.1 Å². The number of nitrogens with one attached hydrogen (secondary N) is 1. The lowest BCUT2D eigenvalue weighted by molar-refractivity contribution is 0.0955. The molecule has 0 atom stereocenters. The molecular formula is C16H14ClN3O. The summed E-state index contributed by atoms with van der Waals surface area (Å²) in [5.41, 5.74) is 2.16. The number of amides is 1. The molecule has 3 rings (SSSR count). The van der Waals surface area contributed by atoms with Crippen molar-refractivity contribution in [3.63, 3.8) is 0 Å². The van der Waals surface area contributed by atoms with E-state index in [-0.39, 0.29) is 5.91 Å². The van der Waals surface area contributed by atoms with Crippen molar-refractivity contribution in [3.05, 3.63) is 58.9 Å². The fraction of sp³-hybridized carbons (Fsp3) is 0.125. The number of aryl methyl sites for hydroxylation is 1. The molecule has 5 heteroatoms. The molecule has 0 spiro atoms. The summed E-state index contributed by atoms with van der Waals surface area (Å²) in [5.74, 6) is -0.160. The van der Waals surface area contributed by atoms with Crippen LogP contribution in [0.15, 0.2) is 42.5 Å². The van der Waals surface area contributed by atoms with Gasteiger partial charge < -0.3 is 5.32 Å². The summed E-state index contributed by atoms with van der Waals surface area (Å²) in [6.45, 7) is 1.86. The van der Waals surface area contributed by atoms with Crippen LogP contribution < -0.4 is 5.32 Å². The molecule has 3 aromatic rings. The zero-order valence-corrected chi connectivity index (χ0v) is 12.5. The largest absolute Gasteiger partial charge is 0.354 e. The zero-order valence-electron chi connectivity index (χ0n) is 11.7. The van der Waals surface area contributed by atoms with Gasteiger partial charge in [-0.1, -0.05) is 23.7 Å². The molecule has 0 bridgehead atoms. The Morgan fingerprint density at radius 1 is 1.14 bits per heavy atom. The van der Waals surface area contributed by atoms with Gasteiger partial charge in [0.15, 0.2) is 0 Å². The molecule has 1 heterocycles. The van der Waals surface area contributed by atoms with Crippen LogP contribution in [0, 0.1) is 6.92 Å². The van der Waals surface area contributed by atoms with E-state index in [9.17, 15) is 4.79 Å². The zero-order chi connectivity index (χ0) is 15.0. The lowest BCUT2D eigenvalue weighted by atomic mass is 10.1. The predicted molar refractivity (Wildman–Crippen MR) is 84.2 cm³/mol. The molecule has 1 N–H and O–H groups in total. The van der Waals surface area contributed by atoms with E-state index < -0.39 is 0 Å². The Balaban J connectivity index is 2.16. The highest BCUT2D eigenvalue weighted by Gasteiger charge is 2.14. The van der Waals surface area contributed by atoms with Crippen molar-refractivity contribution in [2.45, 2.75) is 6.92 Å². The molecule has 1 amide bonds. The van der Waals surface area contributed by atoms with Gasteiger partial charge in [0.05, 0.1) is 11.4 Å². The summed E-state index contributed by atoms with van der Waals surface area (Å²) < 4.78 is 1.65. The Hall–Kier alpha value is -2.33. The number of carbonyl (C=O) groups is 1. The third-order valence-electron chi connectivity index (χ3n) is 3.32. The van der Waals surface area contributed by atoms with Gasteiger partial charge in [-0.05, 0) is 48.0 Å². The van der Waals surface area contributed by atoms with Gasteiger partial charge in [-0.3, -0.25) is 4.79 Å². The van der Waals surface area contributed by atoms with E-state index in [2.05, 4.69) is 10.4 Å². The fourth-order valence-corrected chi connectivity index (χ4v) is 2.50. The average Bonchev–Trinajstić information content (AvgIpc) is 2.88. The maximum Gasteiger partial charge on any atom is 0.269 e. The van der Waals surface area contributed by atoms with Crippen LogP contribution in [0.25, 0.3) is 16.5 Å². The van der Waals surface area contributed by atoms with E-state index >= 15 is 0 Å². The normalized spacial score (nSPS) is 10.8. The number of carbonyl (C=O) groups excluding carboxylic acids is 1. The molecule has 4 nitrogen and oxygen atoms in total. The minimum absolute atomic E-state index is 0.160. The van der Waals surface area contributed by atoms with Gasteiger partial charge in [0, 0.05) is 12.1 Å². The maximum atomic E-state index is 11.9. The lowest BCUT2D eigenvalue weighted by Crippen LogP contribution is -2.21. The molecular weight excluding hydrogens is 286 g/mol. The van der Waals surface area contributed by atoms with Gasteiger partial charge in [-0.2, -0.15) is 5.10 Å². The van der Waals surface area contributed by atoms with Gasteiger partial charge in [0.1, 0.15) is 5.69 Å². The molecule has 0 aliphatic rings. The smallest absolute Gasteiger partial charge is 0.269 e. The first kappa shape index (κ1) is 13.6. The summed E-state index contributed by atoms with van der Waals surface area (Å²) >= 11 is 5.99. The summed E-state index contributed by atoms with van der Waals surface area (Å²) in [6, 6.07) is 13.4. The quantitative estimate of drug-likeness (QED) is 0.789. The van der Waals surface area contributed by atoms with Crippen LogP contribution in [0.1, 0.15) is 16.2 Å². The monoisotopic (exact) mass is 299 g/mol. The highest BCUT2D eigenvalue weighted by atomic mass is 35.5. The minimum Gasteiger partial charge on any atom is -0.354 e. The van der Waals surface area contributed by atoms with Gasteiger partial charge in [0.25, 0.3) is 5.91 Å². The Bertz CT molecular complexity index is 839. The first-order valence-electron chi connectivity index (χ1n) is 6.57. The molecule has 2 aromatic carbocycles. The summed E-state index contributed by atoms with van der Waals surface area (Å²) in [6.07, 6.45) is 0. The van der Waals surface area contributed by atoms with Crippen LogP contribution in [-0.4, -0.2) is 22.7 Å². The SMILES string of the molecule is CNC(=O)c1cc(C)nn1-c1ccc2cc(Cl)ccc2c1. The van der Waals surface area contributed by atoms with Crippen LogP contribution in [0.4, 0.5) is 0 Å². The van der Waals surface area contributed by atoms with Crippen LogP contribution >= 0.6 is 11.6 Å². The molecule has 0 saturated carbocycles. The van der Waals surface area contributed by atoms with E-state index in [0.29, 0.717) is 10.7 Å². The van der Waals surface area contributed by atoms with Crippen molar-refractivity contribution in [1.29, 1.82) is 0 Å². The second-order valence-electron chi connectivity index (χ2n) is 4.84. The Morgan fingerprint density at radius 3 is 2.62 bits per heavy atom. The number of halogens is 1. The molecule has 0 saturated heterocycles. The van der Waals surface area contributed by atoms with Crippen molar-refractivity contribution < 1.29 is 4.79 Å². The first-order valence-corrected chi connectivity index (χ1v) is 6.95.